The van der Waals surface area contributed by atoms with Crippen LogP contribution in [-0.4, -0.2) is 5.78 Å². The summed E-state index contributed by atoms with van der Waals surface area (Å²) >= 11 is 0. The maximum absolute atomic E-state index is 13.2. The van der Waals surface area contributed by atoms with Crippen LogP contribution < -0.4 is 0 Å². The average Bonchev–Trinajstić information content (AvgIpc) is 2.56. The second kappa shape index (κ2) is 3.74. The van der Waals surface area contributed by atoms with Gasteiger partial charge in [-0.1, -0.05) is 18.2 Å². The summed E-state index contributed by atoms with van der Waals surface area (Å²) in [6.07, 6.45) is 3.97. The van der Waals surface area contributed by atoms with Gasteiger partial charge in [0.15, 0.2) is 5.78 Å². The fourth-order valence-electron chi connectivity index (χ4n) is 1.67. The summed E-state index contributed by atoms with van der Waals surface area (Å²) in [5.74, 6) is -0.104. The maximum Gasteiger partial charge on any atom is 0.158 e. The summed E-state index contributed by atoms with van der Waals surface area (Å²) in [6, 6.07) is 6.52. The van der Waals surface area contributed by atoms with Crippen molar-refractivity contribution in [2.24, 2.45) is 0 Å². The summed E-state index contributed by atoms with van der Waals surface area (Å²) in [5.41, 5.74) is 1.27. The summed E-state index contributed by atoms with van der Waals surface area (Å²) < 4.78 is 13.2. The normalized spacial score (nSPS) is 19.2. The van der Waals surface area contributed by atoms with Crippen molar-refractivity contribution >= 4 is 11.9 Å². The maximum atomic E-state index is 13.2. The van der Waals surface area contributed by atoms with Crippen LogP contribution in [0, 0.1) is 5.82 Å². The molecule has 0 radical (unpaired) electrons. The van der Waals surface area contributed by atoms with E-state index in [1.54, 1.807) is 24.3 Å². The number of carbonyl (C=O) groups is 1. The lowest BCUT2D eigenvalue weighted by Gasteiger charge is -1.97. The Bertz CT molecular complexity index is 393. The number of rotatable bonds is 1. The molecule has 0 aliphatic heterocycles. The summed E-state index contributed by atoms with van der Waals surface area (Å²) in [5, 5.41) is 0. The van der Waals surface area contributed by atoms with Crippen molar-refractivity contribution in [3.8, 4) is 0 Å². The summed E-state index contributed by atoms with van der Waals surface area (Å²) in [4.78, 5) is 11.3. The number of ketones is 1. The van der Waals surface area contributed by atoms with Crippen LogP contribution in [0.15, 0.2) is 29.8 Å². The number of Topliss-reactive ketones (excluding diaryl/α,β-unsaturated/α-hetero) is 1. The molecular formula is C12H11FO. The smallest absolute Gasteiger partial charge is 0.158 e. The van der Waals surface area contributed by atoms with Crippen LogP contribution in [0.5, 0.6) is 0 Å². The Hall–Kier alpha value is -1.44. The minimum Gasteiger partial charge on any atom is -0.295 e. The molecule has 0 spiro atoms. The minimum absolute atomic E-state index is 0.160. The van der Waals surface area contributed by atoms with E-state index in [0.29, 0.717) is 12.0 Å². The molecule has 0 amide bonds. The van der Waals surface area contributed by atoms with Crippen molar-refractivity contribution in [1.29, 1.82) is 0 Å². The number of benzene rings is 1. The molecule has 72 valence electrons. The second-order valence-corrected chi connectivity index (χ2v) is 3.47. The van der Waals surface area contributed by atoms with Crippen LogP contribution in [-0.2, 0) is 4.79 Å². The first-order valence-corrected chi connectivity index (χ1v) is 4.75. The van der Waals surface area contributed by atoms with Crippen molar-refractivity contribution in [2.75, 3.05) is 0 Å². The van der Waals surface area contributed by atoms with Gasteiger partial charge in [0.2, 0.25) is 0 Å². The highest BCUT2D eigenvalue weighted by Gasteiger charge is 2.16. The predicted octanol–water partition coefficient (Wildman–Crippen LogP) is 2.96. The Morgan fingerprint density at radius 3 is 2.64 bits per heavy atom. The number of halogens is 1. The SMILES string of the molecule is O=C1CCCC1=Cc1ccccc1F. The molecular weight excluding hydrogens is 179 g/mol. The van der Waals surface area contributed by atoms with Crippen molar-refractivity contribution in [2.45, 2.75) is 19.3 Å². The number of hydrogen-bond donors (Lipinski definition) is 0. The van der Waals surface area contributed by atoms with Gasteiger partial charge in [0.25, 0.3) is 0 Å². The zero-order valence-corrected chi connectivity index (χ0v) is 7.79. The molecule has 0 bridgehead atoms. The topological polar surface area (TPSA) is 17.1 Å². The minimum atomic E-state index is -0.264. The molecule has 1 aromatic carbocycles. The van der Waals surface area contributed by atoms with Crippen LogP contribution in [0.4, 0.5) is 4.39 Å². The third-order valence-corrected chi connectivity index (χ3v) is 2.44. The monoisotopic (exact) mass is 190 g/mol. The van der Waals surface area contributed by atoms with Gasteiger partial charge in [0.05, 0.1) is 0 Å². The fraction of sp³-hybridized carbons (Fsp3) is 0.250. The van der Waals surface area contributed by atoms with Crippen molar-refractivity contribution in [3.05, 3.63) is 41.2 Å². The quantitative estimate of drug-likeness (QED) is 0.622. The largest absolute Gasteiger partial charge is 0.295 e. The Kier molecular flexibility index (Phi) is 2.44. The summed E-state index contributed by atoms with van der Waals surface area (Å²) in [6.45, 7) is 0. The third kappa shape index (κ3) is 1.74. The van der Waals surface area contributed by atoms with Gasteiger partial charge in [-0.2, -0.15) is 0 Å². The van der Waals surface area contributed by atoms with Gasteiger partial charge in [-0.25, -0.2) is 4.39 Å². The zero-order valence-electron chi connectivity index (χ0n) is 7.79. The lowest BCUT2D eigenvalue weighted by molar-refractivity contribution is -0.114. The van der Waals surface area contributed by atoms with E-state index in [1.165, 1.54) is 6.07 Å². The molecule has 1 nitrogen and oxygen atoms in total. The van der Waals surface area contributed by atoms with E-state index >= 15 is 0 Å². The molecule has 0 atom stereocenters. The predicted molar refractivity (Wildman–Crippen MR) is 53.2 cm³/mol. The molecule has 0 aromatic heterocycles. The first kappa shape index (κ1) is 9.13. The fourth-order valence-corrected chi connectivity index (χ4v) is 1.67. The molecule has 0 unspecified atom stereocenters. The van der Waals surface area contributed by atoms with Gasteiger partial charge in [0, 0.05) is 12.0 Å². The molecule has 0 N–H and O–H groups in total. The van der Waals surface area contributed by atoms with Crippen LogP contribution >= 0.6 is 0 Å². The van der Waals surface area contributed by atoms with E-state index in [1.807, 2.05) is 0 Å². The van der Waals surface area contributed by atoms with Gasteiger partial charge < -0.3 is 0 Å². The van der Waals surface area contributed by atoms with Gasteiger partial charge in [0.1, 0.15) is 5.82 Å². The van der Waals surface area contributed by atoms with Crippen molar-refractivity contribution in [3.63, 3.8) is 0 Å². The molecule has 2 heteroatoms. The molecule has 1 fully saturated rings. The Morgan fingerprint density at radius 2 is 2.00 bits per heavy atom. The van der Waals surface area contributed by atoms with Crippen LogP contribution in [0.25, 0.3) is 6.08 Å². The van der Waals surface area contributed by atoms with Gasteiger partial charge in [-0.15, -0.1) is 0 Å². The van der Waals surface area contributed by atoms with Gasteiger partial charge in [-0.05, 0) is 30.6 Å². The molecule has 14 heavy (non-hydrogen) atoms. The lowest BCUT2D eigenvalue weighted by atomic mass is 10.1. The molecule has 2 rings (SSSR count). The Labute approximate surface area is 82.3 Å². The van der Waals surface area contributed by atoms with Crippen molar-refractivity contribution < 1.29 is 9.18 Å². The molecule has 0 saturated heterocycles. The molecule has 1 saturated carbocycles. The highest BCUT2D eigenvalue weighted by Crippen LogP contribution is 2.23. The van der Waals surface area contributed by atoms with E-state index in [0.717, 1.165) is 18.4 Å². The lowest BCUT2D eigenvalue weighted by Crippen LogP contribution is -1.91. The van der Waals surface area contributed by atoms with E-state index in [9.17, 15) is 9.18 Å². The molecule has 0 heterocycles. The Morgan fingerprint density at radius 1 is 1.21 bits per heavy atom. The highest BCUT2D eigenvalue weighted by molar-refractivity contribution is 6.01. The molecule has 1 aliphatic carbocycles. The number of carbonyl (C=O) groups excluding carboxylic acids is 1. The van der Waals surface area contributed by atoms with Gasteiger partial charge >= 0.3 is 0 Å². The number of hydrogen-bond acceptors (Lipinski definition) is 1. The standard InChI is InChI=1S/C12H11FO/c13-11-6-2-1-4-9(11)8-10-5-3-7-12(10)14/h1-2,4,6,8H,3,5,7H2. The van der Waals surface area contributed by atoms with Crippen molar-refractivity contribution in [1.82, 2.24) is 0 Å². The molecule has 1 aromatic rings. The van der Waals surface area contributed by atoms with Crippen LogP contribution in [0.3, 0.4) is 0 Å². The first-order chi connectivity index (χ1) is 6.77. The van der Waals surface area contributed by atoms with Crippen LogP contribution in [0.1, 0.15) is 24.8 Å². The Balaban J connectivity index is 2.33. The zero-order chi connectivity index (χ0) is 9.97. The molecule has 1 aliphatic rings. The van der Waals surface area contributed by atoms with E-state index < -0.39 is 0 Å². The summed E-state index contributed by atoms with van der Waals surface area (Å²) in [7, 11) is 0. The van der Waals surface area contributed by atoms with E-state index in [2.05, 4.69) is 0 Å². The number of allylic oxidation sites excluding steroid dienone is 1. The third-order valence-electron chi connectivity index (χ3n) is 2.44. The van der Waals surface area contributed by atoms with Gasteiger partial charge in [-0.3, -0.25) is 4.79 Å². The highest BCUT2D eigenvalue weighted by atomic mass is 19.1. The van der Waals surface area contributed by atoms with E-state index in [-0.39, 0.29) is 11.6 Å². The second-order valence-electron chi connectivity index (χ2n) is 3.47. The van der Waals surface area contributed by atoms with Crippen LogP contribution in [0.2, 0.25) is 0 Å². The first-order valence-electron chi connectivity index (χ1n) is 4.75. The average molecular weight is 190 g/mol. The van der Waals surface area contributed by atoms with E-state index in [4.69, 9.17) is 0 Å².